The van der Waals surface area contributed by atoms with Gasteiger partial charge in [0.15, 0.2) is 4.90 Å². The van der Waals surface area contributed by atoms with Gasteiger partial charge in [-0.3, -0.25) is 14.9 Å². The number of carbonyl (C=O) groups excluding carboxylic acids is 1. The molecule has 156 valence electrons. The van der Waals surface area contributed by atoms with E-state index in [2.05, 4.69) is 4.72 Å². The van der Waals surface area contributed by atoms with Crippen molar-refractivity contribution in [2.24, 2.45) is 5.92 Å². The van der Waals surface area contributed by atoms with E-state index in [0.29, 0.717) is 11.3 Å². The zero-order valence-electron chi connectivity index (χ0n) is 16.2. The predicted octanol–water partition coefficient (Wildman–Crippen LogP) is 2.65. The zero-order chi connectivity index (χ0) is 21.6. The van der Waals surface area contributed by atoms with Crippen LogP contribution in [0.5, 0.6) is 5.75 Å². The number of rotatable bonds is 9. The molecule has 0 aromatic heterocycles. The summed E-state index contributed by atoms with van der Waals surface area (Å²) < 4.78 is 37.9. The second-order valence-electron chi connectivity index (χ2n) is 6.52. The van der Waals surface area contributed by atoms with Gasteiger partial charge in [-0.15, -0.1) is 0 Å². The lowest BCUT2D eigenvalue weighted by molar-refractivity contribution is -0.387. The first-order chi connectivity index (χ1) is 13.7. The number of esters is 1. The number of para-hydroxylation sites is 1. The molecule has 0 radical (unpaired) electrons. The molecule has 9 nitrogen and oxygen atoms in total. The third-order valence-corrected chi connectivity index (χ3v) is 5.58. The molecule has 0 fully saturated rings. The van der Waals surface area contributed by atoms with Gasteiger partial charge in [0.2, 0.25) is 10.0 Å². The van der Waals surface area contributed by atoms with Crippen molar-refractivity contribution in [2.75, 3.05) is 7.11 Å². The van der Waals surface area contributed by atoms with Gasteiger partial charge < -0.3 is 9.47 Å². The van der Waals surface area contributed by atoms with E-state index in [0.717, 1.165) is 12.1 Å². The Morgan fingerprint density at radius 2 is 1.76 bits per heavy atom. The standard InChI is InChI=1S/C19H22N2O7S/c1-13(2)18(19(22)28-12-14-8-10-15(27-3)11-9-14)20-29(25,26)17-7-5-4-6-16(17)21(23)24/h4-11,13,18,20H,12H2,1-3H3/t18-/m0/s1. The van der Waals surface area contributed by atoms with E-state index in [1.54, 1.807) is 38.1 Å². The molecule has 1 atom stereocenters. The summed E-state index contributed by atoms with van der Waals surface area (Å²) in [6, 6.07) is 10.6. The Kier molecular flexibility index (Phi) is 7.29. The third-order valence-electron chi connectivity index (χ3n) is 4.09. The number of nitrogens with one attached hydrogen (secondary N) is 1. The van der Waals surface area contributed by atoms with E-state index in [9.17, 15) is 23.3 Å². The molecule has 10 heteroatoms. The van der Waals surface area contributed by atoms with Crippen LogP contribution in [-0.2, 0) is 26.2 Å². The van der Waals surface area contributed by atoms with Crippen LogP contribution in [0, 0.1) is 16.0 Å². The number of nitro benzene ring substituents is 1. The van der Waals surface area contributed by atoms with Crippen molar-refractivity contribution in [2.45, 2.75) is 31.4 Å². The van der Waals surface area contributed by atoms with Crippen molar-refractivity contribution < 1.29 is 27.6 Å². The summed E-state index contributed by atoms with van der Waals surface area (Å²) in [5, 5.41) is 11.1. The molecule has 0 unspecified atom stereocenters. The monoisotopic (exact) mass is 422 g/mol. The van der Waals surface area contributed by atoms with Gasteiger partial charge in [-0.1, -0.05) is 38.1 Å². The van der Waals surface area contributed by atoms with Gasteiger partial charge in [0.05, 0.1) is 12.0 Å². The molecular weight excluding hydrogens is 400 g/mol. The SMILES string of the molecule is COc1ccc(COC(=O)[C@@H](NS(=O)(=O)c2ccccc2[N+](=O)[O-])C(C)C)cc1. The summed E-state index contributed by atoms with van der Waals surface area (Å²) in [6.45, 7) is 3.22. The third kappa shape index (κ3) is 5.75. The lowest BCUT2D eigenvalue weighted by Crippen LogP contribution is -2.45. The minimum absolute atomic E-state index is 0.0563. The van der Waals surface area contributed by atoms with E-state index < -0.39 is 43.5 Å². The first-order valence-electron chi connectivity index (χ1n) is 8.71. The van der Waals surface area contributed by atoms with Gasteiger partial charge in [-0.2, -0.15) is 4.72 Å². The summed E-state index contributed by atoms with van der Waals surface area (Å²) in [5.74, 6) is -0.578. The average molecular weight is 422 g/mol. The van der Waals surface area contributed by atoms with Gasteiger partial charge in [-0.25, -0.2) is 8.42 Å². The molecule has 0 spiro atoms. The maximum absolute atomic E-state index is 12.7. The quantitative estimate of drug-likeness (QED) is 0.374. The Balaban J connectivity index is 2.16. The summed E-state index contributed by atoms with van der Waals surface area (Å²) in [6.07, 6.45) is 0. The Labute approximate surface area is 168 Å². The van der Waals surface area contributed by atoms with Gasteiger partial charge in [0.1, 0.15) is 18.4 Å². The molecule has 0 saturated heterocycles. The highest BCUT2D eigenvalue weighted by atomic mass is 32.2. The number of hydrogen-bond acceptors (Lipinski definition) is 7. The molecule has 1 N–H and O–H groups in total. The van der Waals surface area contributed by atoms with Crippen molar-refractivity contribution in [3.8, 4) is 5.75 Å². The van der Waals surface area contributed by atoms with Crippen LogP contribution in [0.25, 0.3) is 0 Å². The first kappa shape index (κ1) is 22.3. The molecule has 0 amide bonds. The summed E-state index contributed by atoms with van der Waals surface area (Å²) in [7, 11) is -2.79. The fourth-order valence-electron chi connectivity index (χ4n) is 2.49. The van der Waals surface area contributed by atoms with E-state index in [4.69, 9.17) is 9.47 Å². The highest BCUT2D eigenvalue weighted by Crippen LogP contribution is 2.24. The van der Waals surface area contributed by atoms with Crippen molar-refractivity contribution >= 4 is 21.7 Å². The second kappa shape index (κ2) is 9.48. The van der Waals surface area contributed by atoms with Gasteiger partial charge >= 0.3 is 5.97 Å². The van der Waals surface area contributed by atoms with Gasteiger partial charge in [0.25, 0.3) is 5.69 Å². The molecule has 0 aliphatic heterocycles. The van der Waals surface area contributed by atoms with Crippen LogP contribution < -0.4 is 9.46 Å². The van der Waals surface area contributed by atoms with Gasteiger partial charge in [0, 0.05) is 6.07 Å². The van der Waals surface area contributed by atoms with E-state index in [1.807, 2.05) is 0 Å². The molecular formula is C19H22N2O7S. The zero-order valence-corrected chi connectivity index (χ0v) is 17.0. The average Bonchev–Trinajstić information content (AvgIpc) is 2.70. The summed E-state index contributed by atoms with van der Waals surface area (Å²) in [5.41, 5.74) is 0.123. The lowest BCUT2D eigenvalue weighted by atomic mass is 10.1. The van der Waals surface area contributed by atoms with Crippen molar-refractivity contribution in [1.82, 2.24) is 4.72 Å². The number of sulfonamides is 1. The van der Waals surface area contributed by atoms with Crippen LogP contribution in [0.15, 0.2) is 53.4 Å². The fraction of sp³-hybridized carbons (Fsp3) is 0.316. The van der Waals surface area contributed by atoms with Crippen LogP contribution >= 0.6 is 0 Å². The van der Waals surface area contributed by atoms with E-state index in [1.165, 1.54) is 19.2 Å². The van der Waals surface area contributed by atoms with Crippen molar-refractivity contribution in [1.29, 1.82) is 0 Å². The molecule has 2 aromatic rings. The molecule has 0 bridgehead atoms. The minimum atomic E-state index is -4.33. The van der Waals surface area contributed by atoms with Crippen molar-refractivity contribution in [3.05, 3.63) is 64.2 Å². The molecule has 0 aliphatic carbocycles. The predicted molar refractivity (Wildman–Crippen MR) is 105 cm³/mol. The molecule has 29 heavy (non-hydrogen) atoms. The van der Waals surface area contributed by atoms with E-state index in [-0.39, 0.29) is 6.61 Å². The fourth-order valence-corrected chi connectivity index (χ4v) is 3.99. The number of methoxy groups -OCH3 is 1. The van der Waals surface area contributed by atoms with Crippen LogP contribution in [0.4, 0.5) is 5.69 Å². The number of ether oxygens (including phenoxy) is 2. The summed E-state index contributed by atoms with van der Waals surface area (Å²) >= 11 is 0. The second-order valence-corrected chi connectivity index (χ2v) is 8.21. The maximum Gasteiger partial charge on any atom is 0.324 e. The summed E-state index contributed by atoms with van der Waals surface area (Å²) in [4.78, 5) is 22.3. The topological polar surface area (TPSA) is 125 Å². The maximum atomic E-state index is 12.7. The smallest absolute Gasteiger partial charge is 0.324 e. The normalized spacial score (nSPS) is 12.4. The number of nitrogens with zero attached hydrogens (tertiary/aromatic N) is 1. The molecule has 0 heterocycles. The van der Waals surface area contributed by atoms with Crippen LogP contribution in [-0.4, -0.2) is 32.5 Å². The number of hydrogen-bond donors (Lipinski definition) is 1. The van der Waals surface area contributed by atoms with Crippen LogP contribution in [0.3, 0.4) is 0 Å². The number of carbonyl (C=O) groups is 1. The Morgan fingerprint density at radius 1 is 1.14 bits per heavy atom. The Morgan fingerprint density at radius 3 is 2.31 bits per heavy atom. The number of benzene rings is 2. The van der Waals surface area contributed by atoms with Crippen LogP contribution in [0.1, 0.15) is 19.4 Å². The molecule has 2 rings (SSSR count). The highest BCUT2D eigenvalue weighted by Gasteiger charge is 2.33. The molecule has 2 aromatic carbocycles. The molecule has 0 saturated carbocycles. The Bertz CT molecular complexity index is 972. The van der Waals surface area contributed by atoms with Crippen molar-refractivity contribution in [3.63, 3.8) is 0 Å². The van der Waals surface area contributed by atoms with E-state index >= 15 is 0 Å². The molecule has 0 aliphatic rings. The largest absolute Gasteiger partial charge is 0.497 e. The highest BCUT2D eigenvalue weighted by molar-refractivity contribution is 7.89. The number of nitro groups is 1. The van der Waals surface area contributed by atoms with Gasteiger partial charge in [-0.05, 0) is 29.7 Å². The minimum Gasteiger partial charge on any atom is -0.497 e. The Hall–Kier alpha value is -2.98. The van der Waals surface area contributed by atoms with Crippen LogP contribution in [0.2, 0.25) is 0 Å². The first-order valence-corrected chi connectivity index (χ1v) is 10.2. The lowest BCUT2D eigenvalue weighted by Gasteiger charge is -2.21.